The van der Waals surface area contributed by atoms with Crippen LogP contribution in [0, 0.1) is 22.7 Å². The highest BCUT2D eigenvalue weighted by Crippen LogP contribution is 2.54. The molecule has 1 aliphatic rings. The molecule has 3 unspecified atom stereocenters. The lowest BCUT2D eigenvalue weighted by Gasteiger charge is -2.41. The second kappa shape index (κ2) is 2.98. The van der Waals surface area contributed by atoms with E-state index in [4.69, 9.17) is 5.73 Å². The van der Waals surface area contributed by atoms with Crippen LogP contribution in [0.4, 0.5) is 0 Å². The van der Waals surface area contributed by atoms with E-state index in [1.165, 1.54) is 6.42 Å². The third kappa shape index (κ3) is 2.07. The fourth-order valence-electron chi connectivity index (χ4n) is 2.71. The first-order chi connectivity index (χ1) is 5.67. The van der Waals surface area contributed by atoms with Crippen molar-refractivity contribution in [3.05, 3.63) is 0 Å². The van der Waals surface area contributed by atoms with Crippen LogP contribution in [0.1, 0.15) is 48.0 Å². The molecule has 0 aromatic carbocycles. The Bertz CT molecular complexity index is 188. The van der Waals surface area contributed by atoms with Gasteiger partial charge in [0.1, 0.15) is 0 Å². The SMILES string of the molecule is CC1CC1C(C)(C)C(N)C(C)(C)C. The summed E-state index contributed by atoms with van der Waals surface area (Å²) in [5, 5.41) is 0. The van der Waals surface area contributed by atoms with Gasteiger partial charge in [-0.1, -0.05) is 41.5 Å². The van der Waals surface area contributed by atoms with Crippen LogP contribution < -0.4 is 5.73 Å². The Morgan fingerprint density at radius 2 is 1.54 bits per heavy atom. The summed E-state index contributed by atoms with van der Waals surface area (Å²) in [6, 6.07) is 0.301. The van der Waals surface area contributed by atoms with Crippen LogP contribution in [0.2, 0.25) is 0 Å². The van der Waals surface area contributed by atoms with Crippen molar-refractivity contribution in [2.24, 2.45) is 28.4 Å². The van der Waals surface area contributed by atoms with E-state index < -0.39 is 0 Å². The Morgan fingerprint density at radius 3 is 1.77 bits per heavy atom. The summed E-state index contributed by atoms with van der Waals surface area (Å²) in [5.74, 6) is 1.74. The molecule has 1 rings (SSSR count). The van der Waals surface area contributed by atoms with E-state index in [2.05, 4.69) is 41.5 Å². The molecule has 1 fully saturated rings. The van der Waals surface area contributed by atoms with E-state index in [0.717, 1.165) is 11.8 Å². The average molecular weight is 183 g/mol. The van der Waals surface area contributed by atoms with Gasteiger partial charge in [-0.2, -0.15) is 0 Å². The highest BCUT2D eigenvalue weighted by atomic mass is 14.8. The minimum absolute atomic E-state index is 0.228. The van der Waals surface area contributed by atoms with E-state index in [1.807, 2.05) is 0 Å². The lowest BCUT2D eigenvalue weighted by atomic mass is 9.68. The molecule has 0 amide bonds. The second-order valence-corrected chi connectivity index (χ2v) is 6.48. The van der Waals surface area contributed by atoms with E-state index in [-0.39, 0.29) is 5.41 Å². The molecule has 1 nitrogen and oxygen atoms in total. The number of hydrogen-bond donors (Lipinski definition) is 1. The summed E-state index contributed by atoms with van der Waals surface area (Å²) in [6.07, 6.45) is 1.37. The van der Waals surface area contributed by atoms with Crippen molar-refractivity contribution in [2.75, 3.05) is 0 Å². The molecule has 0 heterocycles. The van der Waals surface area contributed by atoms with Gasteiger partial charge in [0, 0.05) is 6.04 Å². The molecule has 78 valence electrons. The smallest absolute Gasteiger partial charge is 0.0142 e. The third-order valence-corrected chi connectivity index (χ3v) is 3.80. The van der Waals surface area contributed by atoms with Crippen LogP contribution >= 0.6 is 0 Å². The molecule has 3 atom stereocenters. The number of nitrogens with two attached hydrogens (primary N) is 1. The second-order valence-electron chi connectivity index (χ2n) is 6.48. The minimum atomic E-state index is 0.228. The third-order valence-electron chi connectivity index (χ3n) is 3.80. The maximum absolute atomic E-state index is 6.33. The highest BCUT2D eigenvalue weighted by molar-refractivity contribution is 5.01. The van der Waals surface area contributed by atoms with Crippen LogP contribution in [0.3, 0.4) is 0 Å². The predicted octanol–water partition coefficient (Wildman–Crippen LogP) is 3.04. The Hall–Kier alpha value is -0.0400. The molecule has 0 aliphatic heterocycles. The standard InChI is InChI=1S/C12H25N/c1-8-7-9(8)12(5,6)10(13)11(2,3)4/h8-10H,7,13H2,1-6H3. The Labute approximate surface area is 83.1 Å². The first kappa shape index (κ1) is 11.0. The van der Waals surface area contributed by atoms with Gasteiger partial charge in [0.2, 0.25) is 0 Å². The zero-order chi connectivity index (χ0) is 10.4. The lowest BCUT2D eigenvalue weighted by molar-refractivity contribution is 0.131. The minimum Gasteiger partial charge on any atom is -0.327 e. The maximum Gasteiger partial charge on any atom is 0.0142 e. The van der Waals surface area contributed by atoms with Gasteiger partial charge in [-0.3, -0.25) is 0 Å². The summed E-state index contributed by atoms with van der Waals surface area (Å²) in [6.45, 7) is 13.7. The molecule has 0 spiro atoms. The average Bonchev–Trinajstić information content (AvgIpc) is 2.63. The van der Waals surface area contributed by atoms with E-state index in [9.17, 15) is 0 Å². The van der Waals surface area contributed by atoms with Crippen molar-refractivity contribution in [1.29, 1.82) is 0 Å². The molecule has 1 saturated carbocycles. The van der Waals surface area contributed by atoms with Gasteiger partial charge < -0.3 is 5.73 Å². The van der Waals surface area contributed by atoms with Gasteiger partial charge in [-0.05, 0) is 29.1 Å². The van der Waals surface area contributed by atoms with Crippen LogP contribution in [-0.2, 0) is 0 Å². The monoisotopic (exact) mass is 183 g/mol. The molecule has 0 aromatic rings. The van der Waals surface area contributed by atoms with Crippen molar-refractivity contribution < 1.29 is 0 Å². The van der Waals surface area contributed by atoms with Crippen LogP contribution in [0.25, 0.3) is 0 Å². The van der Waals surface area contributed by atoms with Gasteiger partial charge in [-0.15, -0.1) is 0 Å². The normalized spacial score (nSPS) is 31.6. The van der Waals surface area contributed by atoms with Crippen molar-refractivity contribution >= 4 is 0 Å². The summed E-state index contributed by atoms with van der Waals surface area (Å²) in [7, 11) is 0. The van der Waals surface area contributed by atoms with E-state index >= 15 is 0 Å². The first-order valence-electron chi connectivity index (χ1n) is 5.43. The molecule has 1 heteroatoms. The van der Waals surface area contributed by atoms with Crippen molar-refractivity contribution in [1.82, 2.24) is 0 Å². The molecular weight excluding hydrogens is 158 g/mol. The first-order valence-corrected chi connectivity index (χ1v) is 5.43. The number of hydrogen-bond acceptors (Lipinski definition) is 1. The maximum atomic E-state index is 6.33. The predicted molar refractivity (Wildman–Crippen MR) is 58.5 cm³/mol. The fourth-order valence-corrected chi connectivity index (χ4v) is 2.71. The fraction of sp³-hybridized carbons (Fsp3) is 1.00. The Morgan fingerprint density at radius 1 is 1.15 bits per heavy atom. The Kier molecular flexibility index (Phi) is 2.53. The quantitative estimate of drug-likeness (QED) is 0.699. The van der Waals surface area contributed by atoms with Crippen molar-refractivity contribution in [3.8, 4) is 0 Å². The molecule has 0 bridgehead atoms. The van der Waals surface area contributed by atoms with Gasteiger partial charge in [-0.25, -0.2) is 0 Å². The zero-order valence-corrected chi connectivity index (χ0v) is 10.0. The molecule has 0 radical (unpaired) electrons. The molecular formula is C12H25N. The van der Waals surface area contributed by atoms with Crippen molar-refractivity contribution in [2.45, 2.75) is 54.0 Å². The molecule has 0 aromatic heterocycles. The summed E-state index contributed by atoms with van der Waals surface area (Å²) < 4.78 is 0. The molecule has 13 heavy (non-hydrogen) atoms. The van der Waals surface area contributed by atoms with Crippen LogP contribution in [0.15, 0.2) is 0 Å². The zero-order valence-electron chi connectivity index (χ0n) is 10.0. The van der Waals surface area contributed by atoms with Gasteiger partial charge >= 0.3 is 0 Å². The van der Waals surface area contributed by atoms with Crippen molar-refractivity contribution in [3.63, 3.8) is 0 Å². The summed E-state index contributed by atoms with van der Waals surface area (Å²) >= 11 is 0. The molecule has 2 N–H and O–H groups in total. The topological polar surface area (TPSA) is 26.0 Å². The van der Waals surface area contributed by atoms with E-state index in [1.54, 1.807) is 0 Å². The van der Waals surface area contributed by atoms with E-state index in [0.29, 0.717) is 11.5 Å². The molecule has 1 aliphatic carbocycles. The summed E-state index contributed by atoms with van der Waals surface area (Å²) in [5.41, 5.74) is 6.86. The van der Waals surface area contributed by atoms with Gasteiger partial charge in [0.25, 0.3) is 0 Å². The highest BCUT2D eigenvalue weighted by Gasteiger charge is 2.50. The summed E-state index contributed by atoms with van der Waals surface area (Å²) in [4.78, 5) is 0. The molecule has 0 saturated heterocycles. The van der Waals surface area contributed by atoms with Gasteiger partial charge in [0.05, 0.1) is 0 Å². The van der Waals surface area contributed by atoms with Crippen LogP contribution in [0.5, 0.6) is 0 Å². The van der Waals surface area contributed by atoms with Crippen LogP contribution in [-0.4, -0.2) is 6.04 Å². The lowest BCUT2D eigenvalue weighted by Crippen LogP contribution is -2.48. The number of rotatable bonds is 2. The largest absolute Gasteiger partial charge is 0.327 e. The van der Waals surface area contributed by atoms with Gasteiger partial charge in [0.15, 0.2) is 0 Å². The Balaban J connectivity index is 2.69.